The van der Waals surface area contributed by atoms with Crippen LogP contribution in [0.3, 0.4) is 0 Å². The van der Waals surface area contributed by atoms with E-state index in [1.807, 2.05) is 24.3 Å². The lowest BCUT2D eigenvalue weighted by Gasteiger charge is -2.13. The van der Waals surface area contributed by atoms with Crippen molar-refractivity contribution >= 4 is 50.7 Å². The van der Waals surface area contributed by atoms with Gasteiger partial charge in [0.15, 0.2) is 0 Å². The molecule has 0 spiro atoms. The van der Waals surface area contributed by atoms with Crippen molar-refractivity contribution in [1.29, 1.82) is 0 Å². The minimum atomic E-state index is -3.70. The first-order valence-electron chi connectivity index (χ1n) is 9.20. The van der Waals surface area contributed by atoms with Gasteiger partial charge in [-0.1, -0.05) is 35.9 Å². The third-order valence-corrected chi connectivity index (χ3v) is 6.88. The molecule has 0 bridgehead atoms. The number of hydrogen-bond donors (Lipinski definition) is 2. The molecule has 0 aliphatic heterocycles. The molecule has 0 unspecified atom stereocenters. The maximum absolute atomic E-state index is 12.6. The van der Waals surface area contributed by atoms with E-state index in [4.69, 9.17) is 11.6 Å². The number of sulfonamides is 1. The van der Waals surface area contributed by atoms with Crippen LogP contribution in [0.25, 0.3) is 0 Å². The third-order valence-electron chi connectivity index (χ3n) is 4.23. The molecule has 0 radical (unpaired) electrons. The van der Waals surface area contributed by atoms with Gasteiger partial charge in [0.2, 0.25) is 5.91 Å². The van der Waals surface area contributed by atoms with Gasteiger partial charge < -0.3 is 5.32 Å². The molecule has 5 nitrogen and oxygen atoms in total. The fourth-order valence-electron chi connectivity index (χ4n) is 2.63. The van der Waals surface area contributed by atoms with Gasteiger partial charge >= 0.3 is 0 Å². The number of rotatable bonds is 8. The molecule has 1 amide bonds. The quantitative estimate of drug-likeness (QED) is 0.431. The molecule has 0 aliphatic rings. The topological polar surface area (TPSA) is 75.3 Å². The van der Waals surface area contributed by atoms with E-state index in [0.717, 1.165) is 10.5 Å². The molecule has 0 aromatic heterocycles. The van der Waals surface area contributed by atoms with Crippen LogP contribution in [0.5, 0.6) is 0 Å². The van der Waals surface area contributed by atoms with Crippen LogP contribution >= 0.6 is 23.4 Å². The number of carbonyl (C=O) groups is 1. The van der Waals surface area contributed by atoms with Crippen LogP contribution in [0.15, 0.2) is 82.6 Å². The Morgan fingerprint density at radius 3 is 2.40 bits per heavy atom. The van der Waals surface area contributed by atoms with Gasteiger partial charge in [-0.3, -0.25) is 9.52 Å². The second kappa shape index (κ2) is 10.0. The van der Waals surface area contributed by atoms with Crippen molar-refractivity contribution < 1.29 is 13.2 Å². The van der Waals surface area contributed by atoms with E-state index in [1.165, 1.54) is 12.1 Å². The van der Waals surface area contributed by atoms with Crippen molar-refractivity contribution in [2.24, 2.45) is 0 Å². The first-order chi connectivity index (χ1) is 14.3. The number of nitrogens with one attached hydrogen (secondary N) is 2. The third kappa shape index (κ3) is 6.26. The molecular weight excluding hydrogens is 440 g/mol. The van der Waals surface area contributed by atoms with E-state index >= 15 is 0 Å². The summed E-state index contributed by atoms with van der Waals surface area (Å²) in [6.45, 7) is 1.80. The zero-order valence-electron chi connectivity index (χ0n) is 16.3. The van der Waals surface area contributed by atoms with Crippen LogP contribution in [-0.4, -0.2) is 20.1 Å². The summed E-state index contributed by atoms with van der Waals surface area (Å²) in [5.41, 5.74) is 1.71. The summed E-state index contributed by atoms with van der Waals surface area (Å²) in [6.07, 6.45) is 0.326. The van der Waals surface area contributed by atoms with Gasteiger partial charge in [0.25, 0.3) is 10.0 Å². The standard InChI is InChI=1S/C22H21ClN2O3S2/c1-16-7-10-18(15-21(16)25-30(27,28)20-5-3-2-4-6-20)24-22(26)13-14-29-19-11-8-17(23)9-12-19/h2-12,15,25H,13-14H2,1H3,(H,24,26). The van der Waals surface area contributed by atoms with Crippen molar-refractivity contribution in [2.45, 2.75) is 23.1 Å². The maximum Gasteiger partial charge on any atom is 0.261 e. The molecule has 30 heavy (non-hydrogen) atoms. The molecule has 8 heteroatoms. The molecule has 0 aliphatic carbocycles. The molecule has 3 aromatic carbocycles. The van der Waals surface area contributed by atoms with E-state index in [-0.39, 0.29) is 10.8 Å². The maximum atomic E-state index is 12.6. The Morgan fingerprint density at radius 1 is 1.00 bits per heavy atom. The summed E-state index contributed by atoms with van der Waals surface area (Å²) < 4.78 is 27.7. The summed E-state index contributed by atoms with van der Waals surface area (Å²) in [5, 5.41) is 3.50. The van der Waals surface area contributed by atoms with Gasteiger partial charge in [0.05, 0.1) is 10.6 Å². The monoisotopic (exact) mass is 460 g/mol. The Labute approximate surface area is 185 Å². The minimum Gasteiger partial charge on any atom is -0.326 e. The van der Waals surface area contributed by atoms with Gasteiger partial charge in [0, 0.05) is 27.8 Å². The number of anilines is 2. The Hall–Kier alpha value is -2.48. The van der Waals surface area contributed by atoms with Crippen molar-refractivity contribution in [3.8, 4) is 0 Å². The SMILES string of the molecule is Cc1ccc(NC(=O)CCSc2ccc(Cl)cc2)cc1NS(=O)(=O)c1ccccc1. The van der Waals surface area contributed by atoms with Crippen LogP contribution in [-0.2, 0) is 14.8 Å². The lowest BCUT2D eigenvalue weighted by Crippen LogP contribution is -2.15. The number of amides is 1. The molecule has 0 saturated carbocycles. The highest BCUT2D eigenvalue weighted by Gasteiger charge is 2.15. The molecule has 0 atom stereocenters. The number of carbonyl (C=O) groups excluding carboxylic acids is 1. The van der Waals surface area contributed by atoms with E-state index in [9.17, 15) is 13.2 Å². The molecule has 156 valence electrons. The molecule has 0 heterocycles. The fraction of sp³-hybridized carbons (Fsp3) is 0.136. The largest absolute Gasteiger partial charge is 0.326 e. The van der Waals surface area contributed by atoms with Gasteiger partial charge in [-0.2, -0.15) is 0 Å². The van der Waals surface area contributed by atoms with Crippen molar-refractivity contribution in [1.82, 2.24) is 0 Å². The Kier molecular flexibility index (Phi) is 7.42. The van der Waals surface area contributed by atoms with Crippen LogP contribution in [0.2, 0.25) is 5.02 Å². The number of hydrogen-bond acceptors (Lipinski definition) is 4. The molecule has 3 aromatic rings. The highest BCUT2D eigenvalue weighted by Crippen LogP contribution is 2.24. The van der Waals surface area contributed by atoms with Crippen LogP contribution in [0.1, 0.15) is 12.0 Å². The average Bonchev–Trinajstić information content (AvgIpc) is 2.72. The second-order valence-corrected chi connectivity index (χ2v) is 9.84. The summed E-state index contributed by atoms with van der Waals surface area (Å²) in [6, 6.07) is 20.7. The van der Waals surface area contributed by atoms with Crippen LogP contribution in [0, 0.1) is 6.92 Å². The highest BCUT2D eigenvalue weighted by molar-refractivity contribution is 7.99. The predicted molar refractivity (Wildman–Crippen MR) is 124 cm³/mol. The van der Waals surface area contributed by atoms with E-state index in [1.54, 1.807) is 55.1 Å². The summed E-state index contributed by atoms with van der Waals surface area (Å²) in [4.78, 5) is 13.5. The first-order valence-corrected chi connectivity index (χ1v) is 12.0. The van der Waals surface area contributed by atoms with Gasteiger partial charge in [-0.05, 0) is 61.0 Å². The van der Waals surface area contributed by atoms with Crippen LogP contribution in [0.4, 0.5) is 11.4 Å². The average molecular weight is 461 g/mol. The predicted octanol–water partition coefficient (Wildman–Crippen LogP) is 5.57. The molecule has 2 N–H and O–H groups in total. The lowest BCUT2D eigenvalue weighted by atomic mass is 10.2. The van der Waals surface area contributed by atoms with E-state index in [0.29, 0.717) is 28.6 Å². The fourth-order valence-corrected chi connectivity index (χ4v) is 4.75. The zero-order valence-corrected chi connectivity index (χ0v) is 18.7. The smallest absolute Gasteiger partial charge is 0.261 e. The Bertz CT molecular complexity index is 1120. The van der Waals surface area contributed by atoms with E-state index < -0.39 is 10.0 Å². The lowest BCUT2D eigenvalue weighted by molar-refractivity contribution is -0.115. The number of aryl methyl sites for hydroxylation is 1. The Morgan fingerprint density at radius 2 is 1.70 bits per heavy atom. The molecule has 0 fully saturated rings. The number of thioether (sulfide) groups is 1. The summed E-state index contributed by atoms with van der Waals surface area (Å²) >= 11 is 7.44. The van der Waals surface area contributed by atoms with Gasteiger partial charge in [-0.25, -0.2) is 8.42 Å². The van der Waals surface area contributed by atoms with E-state index in [2.05, 4.69) is 10.0 Å². The van der Waals surface area contributed by atoms with Crippen molar-refractivity contribution in [3.63, 3.8) is 0 Å². The highest BCUT2D eigenvalue weighted by atomic mass is 35.5. The van der Waals surface area contributed by atoms with Crippen molar-refractivity contribution in [2.75, 3.05) is 15.8 Å². The first kappa shape index (κ1) is 22.2. The van der Waals surface area contributed by atoms with Gasteiger partial charge in [-0.15, -0.1) is 11.8 Å². The summed E-state index contributed by atoms with van der Waals surface area (Å²) in [7, 11) is -3.70. The Balaban J connectivity index is 1.60. The second-order valence-electron chi connectivity index (χ2n) is 6.55. The summed E-state index contributed by atoms with van der Waals surface area (Å²) in [5.74, 6) is 0.476. The normalized spacial score (nSPS) is 11.1. The minimum absolute atomic E-state index is 0.141. The molecule has 0 saturated heterocycles. The molecular formula is C22H21ClN2O3S2. The van der Waals surface area contributed by atoms with Gasteiger partial charge in [0.1, 0.15) is 0 Å². The van der Waals surface area contributed by atoms with Crippen molar-refractivity contribution in [3.05, 3.63) is 83.4 Å². The number of halogens is 1. The zero-order chi connectivity index (χ0) is 21.6. The molecule has 3 rings (SSSR count). The number of benzene rings is 3. The van der Waals surface area contributed by atoms with Crippen LogP contribution < -0.4 is 10.0 Å².